The van der Waals surface area contributed by atoms with Crippen molar-refractivity contribution in [3.05, 3.63) is 61.6 Å². The monoisotopic (exact) mass is 484 g/mol. The summed E-state index contributed by atoms with van der Waals surface area (Å²) in [5.41, 5.74) is 4.97. The van der Waals surface area contributed by atoms with Gasteiger partial charge in [-0.05, 0) is 18.2 Å². The molecule has 0 aliphatic carbocycles. The summed E-state index contributed by atoms with van der Waals surface area (Å²) in [4.78, 5) is 23.3. The molecule has 5 rings (SSSR count). The van der Waals surface area contributed by atoms with Crippen LogP contribution in [0.4, 0.5) is 22.9 Å². The molecular formula is C26H28N8O2. The maximum Gasteiger partial charge on any atom is 0.247 e. The molecular weight excluding hydrogens is 456 g/mol. The van der Waals surface area contributed by atoms with Crippen molar-refractivity contribution in [1.82, 2.24) is 25.1 Å². The van der Waals surface area contributed by atoms with Crippen molar-refractivity contribution in [3.8, 4) is 17.0 Å². The van der Waals surface area contributed by atoms with Crippen LogP contribution in [0.3, 0.4) is 0 Å². The Balaban J connectivity index is 1.49. The molecule has 0 radical (unpaired) electrons. The van der Waals surface area contributed by atoms with Crippen LogP contribution in [0, 0.1) is 0 Å². The van der Waals surface area contributed by atoms with Crippen LogP contribution < -0.4 is 25.6 Å². The Bertz CT molecular complexity index is 1420. The Morgan fingerprint density at radius 1 is 1.14 bits per heavy atom. The van der Waals surface area contributed by atoms with Crippen LogP contribution in [-0.4, -0.2) is 58.9 Å². The van der Waals surface area contributed by atoms with Crippen LogP contribution in [0.5, 0.6) is 5.75 Å². The van der Waals surface area contributed by atoms with Gasteiger partial charge in [0.1, 0.15) is 17.9 Å². The molecule has 0 spiro atoms. The first-order valence-corrected chi connectivity index (χ1v) is 11.7. The molecule has 1 aliphatic heterocycles. The van der Waals surface area contributed by atoms with E-state index in [0.29, 0.717) is 22.9 Å². The van der Waals surface area contributed by atoms with Crippen molar-refractivity contribution in [2.45, 2.75) is 0 Å². The minimum Gasteiger partial charge on any atom is -0.494 e. The fourth-order valence-electron chi connectivity index (χ4n) is 4.31. The SMILES string of the molecule is C=CC(=O)Nc1cc(Nc2cc(-c3ccc4cnn(C)c4c3)ncn2)c(OC)cc1N1CCNCC1. The zero-order valence-corrected chi connectivity index (χ0v) is 20.3. The van der Waals surface area contributed by atoms with E-state index in [9.17, 15) is 4.79 Å². The van der Waals surface area contributed by atoms with Gasteiger partial charge in [0, 0.05) is 56.3 Å². The second-order valence-corrected chi connectivity index (χ2v) is 8.46. The summed E-state index contributed by atoms with van der Waals surface area (Å²) in [7, 11) is 3.54. The molecule has 3 N–H and O–H groups in total. The van der Waals surface area contributed by atoms with E-state index in [1.54, 1.807) is 7.11 Å². The number of methoxy groups -OCH3 is 1. The molecule has 0 atom stereocenters. The summed E-state index contributed by atoms with van der Waals surface area (Å²) in [5, 5.41) is 15.0. The summed E-state index contributed by atoms with van der Waals surface area (Å²) in [5.74, 6) is 0.952. The third-order valence-electron chi connectivity index (χ3n) is 6.19. The molecule has 1 fully saturated rings. The van der Waals surface area contributed by atoms with E-state index in [1.807, 2.05) is 48.3 Å². The zero-order valence-electron chi connectivity index (χ0n) is 20.3. The number of hydrogen-bond donors (Lipinski definition) is 3. The van der Waals surface area contributed by atoms with Gasteiger partial charge in [0.2, 0.25) is 5.91 Å². The molecule has 1 saturated heterocycles. The van der Waals surface area contributed by atoms with E-state index in [4.69, 9.17) is 4.74 Å². The molecule has 2 aromatic heterocycles. The first kappa shape index (κ1) is 23.3. The molecule has 36 heavy (non-hydrogen) atoms. The highest BCUT2D eigenvalue weighted by Gasteiger charge is 2.19. The Labute approximate surface area is 209 Å². The number of ether oxygens (including phenoxy) is 1. The van der Waals surface area contributed by atoms with Gasteiger partial charge in [0.25, 0.3) is 0 Å². The predicted molar refractivity (Wildman–Crippen MR) is 142 cm³/mol. The summed E-state index contributed by atoms with van der Waals surface area (Å²) in [6.07, 6.45) is 4.62. The number of nitrogens with one attached hydrogen (secondary N) is 3. The lowest BCUT2D eigenvalue weighted by Gasteiger charge is -2.31. The molecule has 1 aliphatic rings. The maximum atomic E-state index is 12.2. The van der Waals surface area contributed by atoms with Crippen molar-refractivity contribution in [1.29, 1.82) is 0 Å². The number of aromatic nitrogens is 4. The van der Waals surface area contributed by atoms with E-state index < -0.39 is 0 Å². The number of benzene rings is 2. The highest BCUT2D eigenvalue weighted by Crippen LogP contribution is 2.38. The second kappa shape index (κ2) is 10.0. The average molecular weight is 485 g/mol. The lowest BCUT2D eigenvalue weighted by Crippen LogP contribution is -2.43. The quantitative estimate of drug-likeness (QED) is 0.343. The number of fused-ring (bicyclic) bond motifs is 1. The average Bonchev–Trinajstić information content (AvgIpc) is 3.29. The number of hydrogen-bond acceptors (Lipinski definition) is 8. The lowest BCUT2D eigenvalue weighted by atomic mass is 10.1. The van der Waals surface area contributed by atoms with Gasteiger partial charge in [-0.2, -0.15) is 5.10 Å². The molecule has 10 nitrogen and oxygen atoms in total. The summed E-state index contributed by atoms with van der Waals surface area (Å²) in [6.45, 7) is 6.96. The van der Waals surface area contributed by atoms with Gasteiger partial charge in [0.15, 0.2) is 0 Å². The van der Waals surface area contributed by atoms with Gasteiger partial charge in [0.05, 0.1) is 41.6 Å². The van der Waals surface area contributed by atoms with Crippen LogP contribution in [0.15, 0.2) is 61.6 Å². The van der Waals surface area contributed by atoms with E-state index >= 15 is 0 Å². The smallest absolute Gasteiger partial charge is 0.247 e. The van der Waals surface area contributed by atoms with Crippen molar-refractivity contribution >= 4 is 39.7 Å². The molecule has 0 unspecified atom stereocenters. The summed E-state index contributed by atoms with van der Waals surface area (Å²) >= 11 is 0. The first-order valence-electron chi connectivity index (χ1n) is 11.7. The number of carbonyl (C=O) groups excluding carboxylic acids is 1. The van der Waals surface area contributed by atoms with Gasteiger partial charge >= 0.3 is 0 Å². The Kier molecular flexibility index (Phi) is 6.50. The minimum absolute atomic E-state index is 0.280. The second-order valence-electron chi connectivity index (χ2n) is 8.46. The third kappa shape index (κ3) is 4.71. The van der Waals surface area contributed by atoms with Crippen molar-refractivity contribution in [3.63, 3.8) is 0 Å². The van der Waals surface area contributed by atoms with E-state index in [1.165, 1.54) is 12.4 Å². The highest BCUT2D eigenvalue weighted by atomic mass is 16.5. The molecule has 1 amide bonds. The number of piperazine rings is 1. The highest BCUT2D eigenvalue weighted by molar-refractivity contribution is 6.02. The number of rotatable bonds is 7. The largest absolute Gasteiger partial charge is 0.494 e. The Hall–Kier alpha value is -4.44. The molecule has 2 aromatic carbocycles. The fraction of sp³-hybridized carbons (Fsp3) is 0.231. The van der Waals surface area contributed by atoms with E-state index in [2.05, 4.69) is 48.6 Å². The summed E-state index contributed by atoms with van der Waals surface area (Å²) < 4.78 is 7.55. The molecule has 3 heterocycles. The van der Waals surface area contributed by atoms with Crippen LogP contribution >= 0.6 is 0 Å². The first-order chi connectivity index (χ1) is 17.6. The van der Waals surface area contributed by atoms with E-state index in [-0.39, 0.29) is 5.91 Å². The number of aryl methyl sites for hydroxylation is 1. The van der Waals surface area contributed by atoms with Crippen LogP contribution in [0.1, 0.15) is 0 Å². The van der Waals surface area contributed by atoms with Crippen molar-refractivity contribution in [2.24, 2.45) is 7.05 Å². The molecule has 184 valence electrons. The molecule has 0 saturated carbocycles. The zero-order chi connectivity index (χ0) is 25.1. The van der Waals surface area contributed by atoms with Gasteiger partial charge in [-0.15, -0.1) is 0 Å². The van der Waals surface area contributed by atoms with E-state index in [0.717, 1.165) is 54.0 Å². The lowest BCUT2D eigenvalue weighted by molar-refractivity contribution is -0.111. The van der Waals surface area contributed by atoms with Gasteiger partial charge in [-0.25, -0.2) is 9.97 Å². The topological polar surface area (TPSA) is 109 Å². The third-order valence-corrected chi connectivity index (χ3v) is 6.19. The van der Waals surface area contributed by atoms with Gasteiger partial charge in [-0.3, -0.25) is 9.48 Å². The normalized spacial score (nSPS) is 13.4. The Morgan fingerprint density at radius 3 is 2.75 bits per heavy atom. The number of carbonyl (C=O) groups is 1. The van der Waals surface area contributed by atoms with Crippen LogP contribution in [0.25, 0.3) is 22.2 Å². The predicted octanol–water partition coefficient (Wildman–Crippen LogP) is 3.32. The number of amides is 1. The van der Waals surface area contributed by atoms with Gasteiger partial charge in [-0.1, -0.05) is 18.7 Å². The number of anilines is 4. The molecule has 4 aromatic rings. The summed E-state index contributed by atoms with van der Waals surface area (Å²) in [6, 6.07) is 11.8. The standard InChI is InChI=1S/C26H28N8O2/c1-4-26(35)32-20-12-21(24(36-3)14-23(20)34-9-7-27-8-10-34)31-25-13-19(28-16-29-25)17-5-6-18-15-30-33(2)22(18)11-17/h4-6,11-16,27H,1,7-10H2,2-3H3,(H,32,35)(H,28,29,31). The Morgan fingerprint density at radius 2 is 1.97 bits per heavy atom. The fourth-order valence-corrected chi connectivity index (χ4v) is 4.31. The van der Waals surface area contributed by atoms with Crippen LogP contribution in [-0.2, 0) is 11.8 Å². The number of nitrogens with zero attached hydrogens (tertiary/aromatic N) is 5. The molecule has 0 bridgehead atoms. The maximum absolute atomic E-state index is 12.2. The van der Waals surface area contributed by atoms with Crippen LogP contribution in [0.2, 0.25) is 0 Å². The van der Waals surface area contributed by atoms with Crippen molar-refractivity contribution < 1.29 is 9.53 Å². The van der Waals surface area contributed by atoms with Crippen molar-refractivity contribution in [2.75, 3.05) is 48.8 Å². The van der Waals surface area contributed by atoms with Gasteiger partial charge < -0.3 is 25.6 Å². The minimum atomic E-state index is -0.280. The molecule has 10 heteroatoms.